The number of hydrogen-bond acceptors (Lipinski definition) is 2. The number of hydrogen-bond donors (Lipinski definition) is 0. The molecule has 0 radical (unpaired) electrons. The van der Waals surface area contributed by atoms with Crippen LogP contribution >= 0.6 is 0 Å². The Kier molecular flexibility index (Phi) is 4.26. The van der Waals surface area contributed by atoms with Gasteiger partial charge in [-0.05, 0) is 37.0 Å². The van der Waals surface area contributed by atoms with E-state index in [1.54, 1.807) is 0 Å². The van der Waals surface area contributed by atoms with Gasteiger partial charge in [-0.2, -0.15) is 0 Å². The Morgan fingerprint density at radius 3 is 2.67 bits per heavy atom. The van der Waals surface area contributed by atoms with E-state index in [9.17, 15) is 0 Å². The molecule has 0 aromatic heterocycles. The van der Waals surface area contributed by atoms with Gasteiger partial charge in [-0.15, -0.1) is 0 Å². The first-order valence-corrected chi connectivity index (χ1v) is 7.76. The monoisotopic (exact) mass is 282 g/mol. The molecule has 0 aliphatic carbocycles. The van der Waals surface area contributed by atoms with Gasteiger partial charge >= 0.3 is 0 Å². The molecule has 2 aromatic carbocycles. The van der Waals surface area contributed by atoms with Crippen molar-refractivity contribution in [1.82, 2.24) is 0 Å². The Bertz CT molecular complexity index is 615. The van der Waals surface area contributed by atoms with Crippen LogP contribution in [0.5, 0.6) is 11.5 Å². The van der Waals surface area contributed by atoms with Gasteiger partial charge in [0.05, 0.1) is 6.61 Å². The van der Waals surface area contributed by atoms with Crippen LogP contribution in [0.3, 0.4) is 0 Å². The molecule has 1 atom stereocenters. The van der Waals surface area contributed by atoms with E-state index >= 15 is 0 Å². The Morgan fingerprint density at radius 2 is 1.95 bits per heavy atom. The Balaban J connectivity index is 0.000000126. The minimum atomic E-state index is 0.403. The van der Waals surface area contributed by atoms with Crippen LogP contribution in [-0.2, 0) is 11.2 Å². The normalized spacial score (nSPS) is 17.1. The van der Waals surface area contributed by atoms with Crippen molar-refractivity contribution in [3.63, 3.8) is 0 Å². The van der Waals surface area contributed by atoms with Gasteiger partial charge < -0.3 is 9.47 Å². The largest absolute Gasteiger partial charge is 0.449 e. The molecule has 0 N–H and O–H groups in total. The first-order valence-electron chi connectivity index (χ1n) is 7.76. The number of para-hydroxylation sites is 1. The summed E-state index contributed by atoms with van der Waals surface area (Å²) in [5.74, 6) is 2.22. The summed E-state index contributed by atoms with van der Waals surface area (Å²) in [7, 11) is 0. The fourth-order valence-corrected chi connectivity index (χ4v) is 2.42. The molecule has 4 rings (SSSR count). The summed E-state index contributed by atoms with van der Waals surface area (Å²) in [6.07, 6.45) is 4.09. The molecule has 110 valence electrons. The Morgan fingerprint density at radius 1 is 1.14 bits per heavy atom. The van der Waals surface area contributed by atoms with Crippen molar-refractivity contribution in [3.05, 3.63) is 59.2 Å². The summed E-state index contributed by atoms with van der Waals surface area (Å²) in [5, 5.41) is 0. The van der Waals surface area contributed by atoms with Gasteiger partial charge in [-0.25, -0.2) is 0 Å². The van der Waals surface area contributed by atoms with Crippen molar-refractivity contribution in [2.45, 2.75) is 39.2 Å². The molecule has 1 unspecified atom stereocenters. The number of aryl methyl sites for hydroxylation is 2. The lowest BCUT2D eigenvalue weighted by molar-refractivity contribution is 0.415. The summed E-state index contributed by atoms with van der Waals surface area (Å²) in [6, 6.07) is 14.7. The highest BCUT2D eigenvalue weighted by atomic mass is 16.6. The van der Waals surface area contributed by atoms with E-state index in [1.165, 1.54) is 36.0 Å². The van der Waals surface area contributed by atoms with Gasteiger partial charge in [0.15, 0.2) is 11.5 Å². The lowest BCUT2D eigenvalue weighted by atomic mass is 10.1. The molecule has 1 fully saturated rings. The topological polar surface area (TPSA) is 25.1 Å². The highest BCUT2D eigenvalue weighted by Crippen LogP contribution is 2.48. The van der Waals surface area contributed by atoms with Gasteiger partial charge in [0.2, 0.25) is 0 Å². The second kappa shape index (κ2) is 6.31. The quantitative estimate of drug-likeness (QED) is 0.614. The Hall–Kier alpha value is -1.80. The fourth-order valence-electron chi connectivity index (χ4n) is 2.42. The molecule has 2 heteroatoms. The summed E-state index contributed by atoms with van der Waals surface area (Å²) in [5.41, 5.74) is 4.01. The van der Waals surface area contributed by atoms with Gasteiger partial charge in [0.25, 0.3) is 0 Å². The second-order valence-corrected chi connectivity index (χ2v) is 5.69. The third-order valence-electron chi connectivity index (χ3n) is 3.78. The fraction of sp³-hybridized carbons (Fsp3) is 0.368. The highest BCUT2D eigenvalue weighted by molar-refractivity contribution is 5.59. The predicted octanol–water partition coefficient (Wildman–Crippen LogP) is 5.20. The van der Waals surface area contributed by atoms with Crippen molar-refractivity contribution in [2.24, 2.45) is 0 Å². The first kappa shape index (κ1) is 14.2. The minimum absolute atomic E-state index is 0.403. The summed E-state index contributed by atoms with van der Waals surface area (Å²) >= 11 is 0. The number of fused-ring (bicyclic) bond motifs is 1. The van der Waals surface area contributed by atoms with E-state index in [0.717, 1.165) is 18.1 Å². The van der Waals surface area contributed by atoms with Crippen LogP contribution in [0.2, 0.25) is 0 Å². The zero-order valence-corrected chi connectivity index (χ0v) is 12.8. The van der Waals surface area contributed by atoms with Crippen molar-refractivity contribution in [1.29, 1.82) is 0 Å². The minimum Gasteiger partial charge on any atom is -0.449 e. The average molecular weight is 282 g/mol. The number of rotatable bonds is 4. The van der Waals surface area contributed by atoms with Crippen LogP contribution in [0, 0.1) is 6.92 Å². The zero-order chi connectivity index (χ0) is 14.7. The highest BCUT2D eigenvalue weighted by Gasteiger charge is 2.24. The average Bonchev–Trinajstić information content (AvgIpc) is 3.39. The lowest BCUT2D eigenvalue weighted by Gasteiger charge is -1.95. The van der Waals surface area contributed by atoms with Crippen molar-refractivity contribution < 1.29 is 9.47 Å². The molecule has 1 saturated heterocycles. The molecule has 0 saturated carbocycles. The van der Waals surface area contributed by atoms with E-state index in [0.29, 0.717) is 6.10 Å². The molecule has 2 aliphatic rings. The molecule has 21 heavy (non-hydrogen) atoms. The van der Waals surface area contributed by atoms with Gasteiger partial charge in [0.1, 0.15) is 6.10 Å². The van der Waals surface area contributed by atoms with Crippen molar-refractivity contribution >= 4 is 0 Å². The summed E-state index contributed by atoms with van der Waals surface area (Å²) in [6.45, 7) is 5.22. The van der Waals surface area contributed by atoms with E-state index in [-0.39, 0.29) is 0 Å². The van der Waals surface area contributed by atoms with Gasteiger partial charge in [-0.1, -0.05) is 55.3 Å². The van der Waals surface area contributed by atoms with Crippen LogP contribution < -0.4 is 4.74 Å². The maximum absolute atomic E-state index is 5.27. The van der Waals surface area contributed by atoms with E-state index in [1.807, 2.05) is 6.07 Å². The number of epoxide rings is 1. The molecular weight excluding hydrogens is 260 g/mol. The van der Waals surface area contributed by atoms with Gasteiger partial charge in [-0.3, -0.25) is 0 Å². The third-order valence-corrected chi connectivity index (χ3v) is 3.78. The molecule has 2 nitrogen and oxygen atoms in total. The number of unbranched alkanes of at least 4 members (excludes halogenated alkanes) is 1. The van der Waals surface area contributed by atoms with Crippen LogP contribution in [-0.4, -0.2) is 6.61 Å². The van der Waals surface area contributed by atoms with Crippen LogP contribution in [0.1, 0.15) is 42.6 Å². The first-order chi connectivity index (χ1) is 10.3. The molecule has 0 amide bonds. The maximum Gasteiger partial charge on any atom is 0.173 e. The summed E-state index contributed by atoms with van der Waals surface area (Å²) in [4.78, 5) is 0. The van der Waals surface area contributed by atoms with Gasteiger partial charge in [0, 0.05) is 0 Å². The summed E-state index contributed by atoms with van der Waals surface area (Å²) < 4.78 is 10.4. The number of benzene rings is 2. The van der Waals surface area contributed by atoms with E-state index in [2.05, 4.69) is 50.2 Å². The standard InChI is InChI=1S/C10H12O.C9H10O/c1-2-3-5-8-6-4-7-9-10(8)11-9;1-7-3-2-4-8(5-7)9-6-10-9/h4,6-7H,2-3,5H2,1H3;2-5,9H,6H2,1H3. The second-order valence-electron chi connectivity index (χ2n) is 5.69. The molecule has 0 spiro atoms. The maximum atomic E-state index is 5.27. The van der Waals surface area contributed by atoms with Crippen LogP contribution in [0.4, 0.5) is 0 Å². The zero-order valence-electron chi connectivity index (χ0n) is 12.8. The SMILES string of the molecule is CCCCc1cccc2c1O2.Cc1cccc(C2CO2)c1. The molecular formula is C19H22O2. The lowest BCUT2D eigenvalue weighted by Crippen LogP contribution is -1.80. The van der Waals surface area contributed by atoms with Crippen LogP contribution in [0.25, 0.3) is 0 Å². The Labute approximate surface area is 126 Å². The van der Waals surface area contributed by atoms with E-state index in [4.69, 9.17) is 9.47 Å². The predicted molar refractivity (Wildman–Crippen MR) is 85.0 cm³/mol. The molecule has 2 heterocycles. The van der Waals surface area contributed by atoms with Crippen molar-refractivity contribution in [3.8, 4) is 11.5 Å². The number of ether oxygens (including phenoxy) is 2. The molecule has 2 aliphatic heterocycles. The third kappa shape index (κ3) is 3.85. The van der Waals surface area contributed by atoms with E-state index < -0.39 is 0 Å². The molecule has 2 aromatic rings. The van der Waals surface area contributed by atoms with Crippen molar-refractivity contribution in [2.75, 3.05) is 6.61 Å². The van der Waals surface area contributed by atoms with Crippen LogP contribution in [0.15, 0.2) is 42.5 Å². The molecule has 0 bridgehead atoms. The smallest absolute Gasteiger partial charge is 0.173 e.